The molecule has 1 aromatic heterocycles. The molecule has 4 rings (SSSR count). The molecule has 0 aliphatic carbocycles. The molecule has 2 aliphatic heterocycles. The summed E-state index contributed by atoms with van der Waals surface area (Å²) < 4.78 is 5.78. The highest BCUT2D eigenvalue weighted by molar-refractivity contribution is 5.89. The lowest BCUT2D eigenvalue weighted by atomic mass is 9.96. The van der Waals surface area contributed by atoms with Crippen LogP contribution in [0.25, 0.3) is 10.9 Å². The molecule has 0 saturated carbocycles. The number of carbonyl (C=O) groups is 1. The number of ether oxygens (including phenoxy) is 1. The molecular formula is C20H23N3O2. The summed E-state index contributed by atoms with van der Waals surface area (Å²) in [5, 5.41) is 4.41. The van der Waals surface area contributed by atoms with Crippen molar-refractivity contribution in [1.29, 1.82) is 0 Å². The van der Waals surface area contributed by atoms with E-state index in [0.29, 0.717) is 19.0 Å². The average molecular weight is 337 g/mol. The molecule has 25 heavy (non-hydrogen) atoms. The quantitative estimate of drug-likeness (QED) is 0.813. The van der Waals surface area contributed by atoms with Crippen molar-refractivity contribution in [2.45, 2.75) is 51.9 Å². The van der Waals surface area contributed by atoms with Crippen LogP contribution in [-0.4, -0.2) is 27.4 Å². The van der Waals surface area contributed by atoms with Crippen LogP contribution in [-0.2, 0) is 22.6 Å². The lowest BCUT2D eigenvalue weighted by molar-refractivity contribution is -0.127. The highest BCUT2D eigenvalue weighted by atomic mass is 16.5. The number of nitrogens with one attached hydrogen (secondary N) is 1. The van der Waals surface area contributed by atoms with E-state index in [1.165, 1.54) is 0 Å². The molecule has 1 atom stereocenters. The summed E-state index contributed by atoms with van der Waals surface area (Å²) in [6.07, 6.45) is 2.57. The lowest BCUT2D eigenvalue weighted by Crippen LogP contribution is -2.47. The smallest absolute Gasteiger partial charge is 0.252 e. The third-order valence-corrected chi connectivity index (χ3v) is 4.75. The maximum absolute atomic E-state index is 12.7. The van der Waals surface area contributed by atoms with E-state index in [1.807, 2.05) is 25.1 Å². The SMILES string of the molecule is CC1CC(C)(C)N/C(=C/C(=O)N2Cc3cc4ccccc4nc3C2)O1. The van der Waals surface area contributed by atoms with E-state index < -0.39 is 0 Å². The molecule has 3 heterocycles. The number of aromatic nitrogens is 1. The molecule has 1 unspecified atom stereocenters. The van der Waals surface area contributed by atoms with Gasteiger partial charge in [0.05, 0.1) is 29.9 Å². The van der Waals surface area contributed by atoms with Crippen molar-refractivity contribution in [2.75, 3.05) is 0 Å². The van der Waals surface area contributed by atoms with Gasteiger partial charge in [0.25, 0.3) is 5.91 Å². The van der Waals surface area contributed by atoms with Gasteiger partial charge >= 0.3 is 0 Å². The van der Waals surface area contributed by atoms with E-state index in [1.54, 1.807) is 11.0 Å². The number of benzene rings is 1. The van der Waals surface area contributed by atoms with E-state index in [4.69, 9.17) is 9.72 Å². The third kappa shape index (κ3) is 3.18. The van der Waals surface area contributed by atoms with Gasteiger partial charge in [-0.2, -0.15) is 0 Å². The molecule has 2 aromatic rings. The molecular weight excluding hydrogens is 314 g/mol. The van der Waals surface area contributed by atoms with Crippen LogP contribution in [0.5, 0.6) is 0 Å². The summed E-state index contributed by atoms with van der Waals surface area (Å²) in [6.45, 7) is 7.40. The Hall–Kier alpha value is -2.56. The fourth-order valence-electron chi connectivity index (χ4n) is 3.74. The topological polar surface area (TPSA) is 54.5 Å². The molecule has 1 amide bonds. The van der Waals surface area contributed by atoms with Crippen molar-refractivity contribution in [3.8, 4) is 0 Å². The fraction of sp³-hybridized carbons (Fsp3) is 0.400. The Morgan fingerprint density at radius 3 is 2.96 bits per heavy atom. The molecule has 1 N–H and O–H groups in total. The Bertz CT molecular complexity index is 828. The summed E-state index contributed by atoms with van der Waals surface area (Å²) in [5.74, 6) is 0.511. The van der Waals surface area contributed by atoms with E-state index >= 15 is 0 Å². The Balaban J connectivity index is 1.54. The van der Waals surface area contributed by atoms with Gasteiger partial charge in [-0.05, 0) is 38.5 Å². The molecule has 130 valence electrons. The molecule has 5 nitrogen and oxygen atoms in total. The van der Waals surface area contributed by atoms with Gasteiger partial charge in [-0.3, -0.25) is 9.78 Å². The molecule has 1 fully saturated rings. The summed E-state index contributed by atoms with van der Waals surface area (Å²) >= 11 is 0. The normalized spacial score (nSPS) is 23.2. The Kier molecular flexibility index (Phi) is 3.67. The van der Waals surface area contributed by atoms with E-state index in [0.717, 1.165) is 28.6 Å². The van der Waals surface area contributed by atoms with Crippen LogP contribution in [0, 0.1) is 0 Å². The summed E-state index contributed by atoms with van der Waals surface area (Å²) in [5.41, 5.74) is 3.01. The molecule has 5 heteroatoms. The van der Waals surface area contributed by atoms with Crippen molar-refractivity contribution >= 4 is 16.8 Å². The second-order valence-electron chi connectivity index (χ2n) is 7.63. The van der Waals surface area contributed by atoms with Gasteiger partial charge in [-0.1, -0.05) is 18.2 Å². The van der Waals surface area contributed by atoms with Crippen LogP contribution >= 0.6 is 0 Å². The van der Waals surface area contributed by atoms with E-state index in [-0.39, 0.29) is 17.6 Å². The lowest BCUT2D eigenvalue weighted by Gasteiger charge is -2.37. The van der Waals surface area contributed by atoms with Crippen LogP contribution in [0.4, 0.5) is 0 Å². The summed E-state index contributed by atoms with van der Waals surface area (Å²) in [7, 11) is 0. The molecule has 0 spiro atoms. The van der Waals surface area contributed by atoms with Crippen LogP contribution in [0.3, 0.4) is 0 Å². The van der Waals surface area contributed by atoms with E-state index in [2.05, 4.69) is 31.3 Å². The molecule has 1 aromatic carbocycles. The van der Waals surface area contributed by atoms with Crippen LogP contribution < -0.4 is 5.32 Å². The van der Waals surface area contributed by atoms with Gasteiger partial charge < -0.3 is 15.0 Å². The Morgan fingerprint density at radius 1 is 1.36 bits per heavy atom. The first-order valence-electron chi connectivity index (χ1n) is 8.73. The van der Waals surface area contributed by atoms with Crippen molar-refractivity contribution in [1.82, 2.24) is 15.2 Å². The number of rotatable bonds is 1. The summed E-state index contributed by atoms with van der Waals surface area (Å²) in [6, 6.07) is 10.2. The van der Waals surface area contributed by atoms with Crippen molar-refractivity contribution in [3.63, 3.8) is 0 Å². The summed E-state index contributed by atoms with van der Waals surface area (Å²) in [4.78, 5) is 19.2. The minimum Gasteiger partial charge on any atom is -0.476 e. The average Bonchev–Trinajstić information content (AvgIpc) is 2.93. The maximum atomic E-state index is 12.7. The molecule has 0 radical (unpaired) electrons. The minimum absolute atomic E-state index is 0.0468. The minimum atomic E-state index is -0.0724. The largest absolute Gasteiger partial charge is 0.476 e. The first kappa shape index (κ1) is 15.9. The molecule has 1 saturated heterocycles. The Labute approximate surface area is 147 Å². The number of hydrogen-bond donors (Lipinski definition) is 1. The van der Waals surface area contributed by atoms with Gasteiger partial charge in [0, 0.05) is 23.9 Å². The van der Waals surface area contributed by atoms with E-state index in [9.17, 15) is 4.79 Å². The van der Waals surface area contributed by atoms with Crippen molar-refractivity contribution < 1.29 is 9.53 Å². The zero-order chi connectivity index (χ0) is 17.6. The van der Waals surface area contributed by atoms with Gasteiger partial charge in [0.15, 0.2) is 5.88 Å². The number of fused-ring (bicyclic) bond motifs is 2. The molecule has 2 aliphatic rings. The fourth-order valence-corrected chi connectivity index (χ4v) is 3.74. The second-order valence-corrected chi connectivity index (χ2v) is 7.63. The first-order valence-corrected chi connectivity index (χ1v) is 8.73. The predicted molar refractivity (Wildman–Crippen MR) is 96.5 cm³/mol. The van der Waals surface area contributed by atoms with Crippen LogP contribution in [0.2, 0.25) is 0 Å². The van der Waals surface area contributed by atoms with Crippen LogP contribution in [0.15, 0.2) is 42.3 Å². The maximum Gasteiger partial charge on any atom is 0.252 e. The number of nitrogens with zero attached hydrogens (tertiary/aromatic N) is 2. The van der Waals surface area contributed by atoms with Gasteiger partial charge in [0.1, 0.15) is 0 Å². The number of hydrogen-bond acceptors (Lipinski definition) is 4. The monoisotopic (exact) mass is 337 g/mol. The van der Waals surface area contributed by atoms with Crippen LogP contribution in [0.1, 0.15) is 38.4 Å². The molecule has 0 bridgehead atoms. The number of para-hydroxylation sites is 1. The number of carbonyl (C=O) groups excluding carboxylic acids is 1. The standard InChI is InChI=1S/C20H23N3O2/c1-13-10-20(2,3)22-18(25-13)9-19(24)23-11-15-8-14-6-4-5-7-16(14)21-17(15)12-23/h4-9,13,22H,10-12H2,1-3H3/b18-9-. The third-order valence-electron chi connectivity index (χ3n) is 4.75. The Morgan fingerprint density at radius 2 is 2.16 bits per heavy atom. The predicted octanol–water partition coefficient (Wildman–Crippen LogP) is 3.10. The van der Waals surface area contributed by atoms with Gasteiger partial charge in [-0.15, -0.1) is 0 Å². The second kappa shape index (κ2) is 5.76. The highest BCUT2D eigenvalue weighted by Crippen LogP contribution is 2.27. The first-order chi connectivity index (χ1) is 11.9. The van der Waals surface area contributed by atoms with Gasteiger partial charge in [-0.25, -0.2) is 0 Å². The number of pyridine rings is 1. The zero-order valence-electron chi connectivity index (χ0n) is 14.9. The van der Waals surface area contributed by atoms with Crippen molar-refractivity contribution in [2.24, 2.45) is 0 Å². The van der Waals surface area contributed by atoms with Crippen molar-refractivity contribution in [3.05, 3.63) is 53.5 Å². The van der Waals surface area contributed by atoms with Gasteiger partial charge in [0.2, 0.25) is 0 Å². The zero-order valence-corrected chi connectivity index (χ0v) is 14.9. The highest BCUT2D eigenvalue weighted by Gasteiger charge is 2.30. The number of amides is 1.